The van der Waals surface area contributed by atoms with E-state index >= 15 is 0 Å². The fourth-order valence-corrected chi connectivity index (χ4v) is 3.37. The van der Waals surface area contributed by atoms with Crippen molar-refractivity contribution in [1.82, 2.24) is 9.88 Å². The summed E-state index contributed by atoms with van der Waals surface area (Å²) in [6.07, 6.45) is 5.22. The summed E-state index contributed by atoms with van der Waals surface area (Å²) in [6, 6.07) is 5.31. The third kappa shape index (κ3) is 3.79. The van der Waals surface area contributed by atoms with Gasteiger partial charge in [0.15, 0.2) is 5.89 Å². The van der Waals surface area contributed by atoms with Gasteiger partial charge in [-0.15, -0.1) is 0 Å². The lowest BCUT2D eigenvalue weighted by atomic mass is 9.95. The number of carbonyl (C=O) groups excluding carboxylic acids is 1. The number of hydrogen-bond acceptors (Lipinski definition) is 4. The summed E-state index contributed by atoms with van der Waals surface area (Å²) in [5.41, 5.74) is 1.77. The minimum Gasteiger partial charge on any atom is -0.449 e. The number of nitrogens with zero attached hydrogens (tertiary/aromatic N) is 2. The second kappa shape index (κ2) is 7.36. The van der Waals surface area contributed by atoms with Crippen LogP contribution in [0.3, 0.4) is 0 Å². The molecule has 0 saturated carbocycles. The zero-order chi connectivity index (χ0) is 17.1. The summed E-state index contributed by atoms with van der Waals surface area (Å²) < 4.78 is 5.40. The van der Waals surface area contributed by atoms with E-state index in [1.54, 1.807) is 18.5 Å². The molecule has 1 atom stereocenters. The quantitative estimate of drug-likeness (QED) is 0.912. The van der Waals surface area contributed by atoms with Crippen LogP contribution in [0.4, 0.5) is 5.69 Å². The first-order valence-electron chi connectivity index (χ1n) is 8.25. The highest BCUT2D eigenvalue weighted by atomic mass is 35.5. The van der Waals surface area contributed by atoms with Crippen molar-refractivity contribution in [2.75, 3.05) is 18.4 Å². The van der Waals surface area contributed by atoms with Gasteiger partial charge in [-0.2, -0.15) is 0 Å². The molecular weight excluding hydrogens is 326 g/mol. The van der Waals surface area contributed by atoms with Crippen LogP contribution < -0.4 is 5.32 Å². The largest absolute Gasteiger partial charge is 0.449 e. The molecule has 1 aliphatic rings. The Hall–Kier alpha value is -1.85. The maximum atomic E-state index is 12.5. The van der Waals surface area contributed by atoms with Crippen LogP contribution in [0.5, 0.6) is 0 Å². The van der Waals surface area contributed by atoms with E-state index in [2.05, 4.69) is 15.2 Å². The molecule has 6 heteroatoms. The van der Waals surface area contributed by atoms with Crippen molar-refractivity contribution in [2.45, 2.75) is 38.6 Å². The first kappa shape index (κ1) is 17.0. The number of benzene rings is 1. The predicted molar refractivity (Wildman–Crippen MR) is 94.3 cm³/mol. The van der Waals surface area contributed by atoms with Gasteiger partial charge in [0.2, 0.25) is 5.91 Å². The van der Waals surface area contributed by atoms with Crippen LogP contribution in [0.25, 0.3) is 0 Å². The zero-order valence-electron chi connectivity index (χ0n) is 14.0. The molecule has 0 radical (unpaired) electrons. The van der Waals surface area contributed by atoms with E-state index in [0.717, 1.165) is 43.1 Å². The molecule has 1 fully saturated rings. The molecule has 3 rings (SSSR count). The molecule has 5 nitrogen and oxygen atoms in total. The van der Waals surface area contributed by atoms with Gasteiger partial charge in [-0.1, -0.05) is 11.6 Å². The summed E-state index contributed by atoms with van der Waals surface area (Å²) in [7, 11) is 0. The van der Waals surface area contributed by atoms with Gasteiger partial charge in [0.05, 0.1) is 12.2 Å². The summed E-state index contributed by atoms with van der Waals surface area (Å²) in [5.74, 6) is 1.17. The fourth-order valence-electron chi connectivity index (χ4n) is 3.14. The van der Waals surface area contributed by atoms with Crippen LogP contribution in [0.1, 0.15) is 37.1 Å². The normalized spacial score (nSPS) is 17.6. The van der Waals surface area contributed by atoms with E-state index in [9.17, 15) is 4.79 Å². The van der Waals surface area contributed by atoms with Crippen molar-refractivity contribution in [3.63, 3.8) is 0 Å². The van der Waals surface area contributed by atoms with Crippen LogP contribution in [0.2, 0.25) is 5.02 Å². The van der Waals surface area contributed by atoms with Crippen molar-refractivity contribution in [2.24, 2.45) is 0 Å². The first-order chi connectivity index (χ1) is 11.5. The van der Waals surface area contributed by atoms with E-state index in [1.165, 1.54) is 0 Å². The second-order valence-electron chi connectivity index (χ2n) is 6.31. The molecule has 2 aromatic rings. The van der Waals surface area contributed by atoms with Gasteiger partial charge in [0.1, 0.15) is 6.26 Å². The van der Waals surface area contributed by atoms with E-state index in [4.69, 9.17) is 16.0 Å². The number of oxazole rings is 1. The third-order valence-corrected chi connectivity index (χ3v) is 4.94. The van der Waals surface area contributed by atoms with Gasteiger partial charge >= 0.3 is 0 Å². The molecule has 1 aromatic carbocycles. The van der Waals surface area contributed by atoms with Crippen molar-refractivity contribution in [3.05, 3.63) is 47.1 Å². The highest BCUT2D eigenvalue weighted by Crippen LogP contribution is 2.28. The maximum absolute atomic E-state index is 12.5. The Morgan fingerprint density at radius 3 is 2.79 bits per heavy atom. The molecule has 1 saturated heterocycles. The minimum absolute atomic E-state index is 0.00926. The number of hydrogen-bond donors (Lipinski definition) is 1. The Morgan fingerprint density at radius 2 is 2.17 bits per heavy atom. The molecule has 0 aliphatic carbocycles. The zero-order valence-corrected chi connectivity index (χ0v) is 14.7. The molecule has 1 unspecified atom stereocenters. The van der Waals surface area contributed by atoms with Gasteiger partial charge < -0.3 is 9.73 Å². The molecule has 0 bridgehead atoms. The van der Waals surface area contributed by atoms with E-state index in [0.29, 0.717) is 10.9 Å². The van der Waals surface area contributed by atoms with Crippen LogP contribution in [0, 0.1) is 6.92 Å². The average molecular weight is 348 g/mol. The van der Waals surface area contributed by atoms with Crippen molar-refractivity contribution < 1.29 is 9.21 Å². The standard InChI is InChI=1S/C18H22ClN3O2/c1-12-11-15(19)3-4-16(12)21-17(23)13(2)22-8-5-14(6-9-22)18-20-7-10-24-18/h3-4,7,10-11,13-14H,5-6,8-9H2,1-2H3,(H,21,23). The van der Waals surface area contributed by atoms with Gasteiger partial charge in [-0.25, -0.2) is 4.98 Å². The second-order valence-corrected chi connectivity index (χ2v) is 6.74. The molecule has 1 aromatic heterocycles. The number of halogens is 1. The molecule has 24 heavy (non-hydrogen) atoms. The molecule has 128 valence electrons. The molecule has 2 heterocycles. The van der Waals surface area contributed by atoms with Crippen LogP contribution in [-0.4, -0.2) is 34.9 Å². The topological polar surface area (TPSA) is 58.4 Å². The molecule has 1 aliphatic heterocycles. The molecule has 1 N–H and O–H groups in total. The Morgan fingerprint density at radius 1 is 1.42 bits per heavy atom. The number of anilines is 1. The monoisotopic (exact) mass is 347 g/mol. The summed E-state index contributed by atoms with van der Waals surface area (Å²) in [4.78, 5) is 19.0. The number of rotatable bonds is 4. The van der Waals surface area contributed by atoms with Gasteiger partial charge in [0, 0.05) is 16.6 Å². The Kier molecular flexibility index (Phi) is 5.21. The number of carbonyl (C=O) groups is 1. The minimum atomic E-state index is -0.175. The van der Waals surface area contributed by atoms with Gasteiger partial charge in [-0.05, 0) is 63.5 Å². The van der Waals surface area contributed by atoms with Crippen LogP contribution >= 0.6 is 11.6 Å². The lowest BCUT2D eigenvalue weighted by molar-refractivity contribution is -0.121. The van der Waals surface area contributed by atoms with E-state index in [1.807, 2.05) is 26.0 Å². The van der Waals surface area contributed by atoms with Gasteiger partial charge in [-0.3, -0.25) is 9.69 Å². The summed E-state index contributed by atoms with van der Waals surface area (Å²) in [5, 5.41) is 3.68. The number of piperidine rings is 1. The molecular formula is C18H22ClN3O2. The Balaban J connectivity index is 1.56. The van der Waals surface area contributed by atoms with Crippen LogP contribution in [-0.2, 0) is 4.79 Å². The Labute approximate surface area is 147 Å². The van der Waals surface area contributed by atoms with Crippen molar-refractivity contribution in [3.8, 4) is 0 Å². The third-order valence-electron chi connectivity index (χ3n) is 4.70. The van der Waals surface area contributed by atoms with E-state index < -0.39 is 0 Å². The summed E-state index contributed by atoms with van der Waals surface area (Å²) >= 11 is 5.96. The maximum Gasteiger partial charge on any atom is 0.241 e. The number of nitrogens with one attached hydrogen (secondary N) is 1. The molecule has 0 spiro atoms. The number of likely N-dealkylation sites (tertiary alicyclic amines) is 1. The van der Waals surface area contributed by atoms with Crippen molar-refractivity contribution in [1.29, 1.82) is 0 Å². The average Bonchev–Trinajstić information content (AvgIpc) is 3.11. The summed E-state index contributed by atoms with van der Waals surface area (Å²) in [6.45, 7) is 5.61. The predicted octanol–water partition coefficient (Wildman–Crippen LogP) is 3.84. The lowest BCUT2D eigenvalue weighted by Crippen LogP contribution is -2.45. The van der Waals surface area contributed by atoms with Crippen molar-refractivity contribution >= 4 is 23.2 Å². The fraction of sp³-hybridized carbons (Fsp3) is 0.444. The number of aromatic nitrogens is 1. The smallest absolute Gasteiger partial charge is 0.241 e. The highest BCUT2D eigenvalue weighted by molar-refractivity contribution is 6.30. The highest BCUT2D eigenvalue weighted by Gasteiger charge is 2.29. The lowest BCUT2D eigenvalue weighted by Gasteiger charge is -2.34. The van der Waals surface area contributed by atoms with E-state index in [-0.39, 0.29) is 11.9 Å². The first-order valence-corrected chi connectivity index (χ1v) is 8.63. The number of aryl methyl sites for hydroxylation is 1. The van der Waals surface area contributed by atoms with Crippen LogP contribution in [0.15, 0.2) is 35.1 Å². The number of amides is 1. The SMILES string of the molecule is Cc1cc(Cl)ccc1NC(=O)C(C)N1CCC(c2ncco2)CC1. The Bertz CT molecular complexity index is 694. The molecule has 1 amide bonds. The van der Waals surface area contributed by atoms with Gasteiger partial charge in [0.25, 0.3) is 0 Å².